The van der Waals surface area contributed by atoms with Gasteiger partial charge in [-0.1, -0.05) is 48.6 Å². The Morgan fingerprint density at radius 2 is 1.55 bits per heavy atom. The van der Waals surface area contributed by atoms with Crippen molar-refractivity contribution < 1.29 is 0 Å². The highest BCUT2D eigenvalue weighted by atomic mass is 32.1. The molecule has 0 aromatic rings. The van der Waals surface area contributed by atoms with Gasteiger partial charge < -0.3 is 0 Å². The van der Waals surface area contributed by atoms with Gasteiger partial charge >= 0.3 is 0 Å². The molecule has 0 aromatic heterocycles. The molecule has 0 radical (unpaired) electrons. The lowest BCUT2D eigenvalue weighted by molar-refractivity contribution is 1.08. The van der Waals surface area contributed by atoms with E-state index in [1.54, 1.807) is 0 Å². The number of hydrogen-bond donors (Lipinski definition) is 1. The molecule has 0 aliphatic heterocycles. The van der Waals surface area contributed by atoms with Crippen molar-refractivity contribution in [3.05, 3.63) is 48.6 Å². The Labute approximate surface area is 73.4 Å². The van der Waals surface area contributed by atoms with E-state index in [0.29, 0.717) is 5.25 Å². The Balaban J connectivity index is 2.61. The summed E-state index contributed by atoms with van der Waals surface area (Å²) in [5, 5.41) is 0.349. The van der Waals surface area contributed by atoms with Crippen LogP contribution in [0, 0.1) is 0 Å². The van der Waals surface area contributed by atoms with Gasteiger partial charge in [0.2, 0.25) is 0 Å². The minimum atomic E-state index is 0.349. The van der Waals surface area contributed by atoms with Crippen LogP contribution in [0.5, 0.6) is 0 Å². The molecule has 58 valence electrons. The summed E-state index contributed by atoms with van der Waals surface area (Å²) in [6.07, 6.45) is 17.3. The van der Waals surface area contributed by atoms with Crippen molar-refractivity contribution in [2.24, 2.45) is 0 Å². The van der Waals surface area contributed by atoms with E-state index in [9.17, 15) is 0 Å². The van der Waals surface area contributed by atoms with E-state index in [4.69, 9.17) is 0 Å². The Bertz CT molecular complexity index is 209. The predicted molar refractivity (Wildman–Crippen MR) is 54.0 cm³/mol. The maximum atomic E-state index is 4.37. The minimum absolute atomic E-state index is 0.349. The highest BCUT2D eigenvalue weighted by Crippen LogP contribution is 2.05. The molecule has 0 saturated carbocycles. The van der Waals surface area contributed by atoms with Gasteiger partial charge in [0.1, 0.15) is 0 Å². The molecule has 0 N–H and O–H groups in total. The second-order valence-corrected chi connectivity index (χ2v) is 3.05. The predicted octanol–water partition coefficient (Wildman–Crippen LogP) is 2.91. The molecular weight excluding hydrogens is 152 g/mol. The molecule has 1 heteroatoms. The summed E-state index contributed by atoms with van der Waals surface area (Å²) >= 11 is 4.37. The summed E-state index contributed by atoms with van der Waals surface area (Å²) in [7, 11) is 0. The van der Waals surface area contributed by atoms with E-state index in [1.165, 1.54) is 0 Å². The topological polar surface area (TPSA) is 0 Å². The van der Waals surface area contributed by atoms with Gasteiger partial charge in [0, 0.05) is 5.25 Å². The number of hydrogen-bond acceptors (Lipinski definition) is 1. The molecule has 1 aliphatic rings. The number of allylic oxidation sites excluding steroid dienone is 7. The molecule has 1 aliphatic carbocycles. The SMILES string of the molecule is SC1\C=C/C=C\C=C\C=C/C1. The van der Waals surface area contributed by atoms with Crippen molar-refractivity contribution in [2.45, 2.75) is 11.7 Å². The molecule has 0 nitrogen and oxygen atoms in total. The van der Waals surface area contributed by atoms with Crippen LogP contribution in [-0.2, 0) is 0 Å². The molecule has 1 atom stereocenters. The summed E-state index contributed by atoms with van der Waals surface area (Å²) in [5.41, 5.74) is 0. The Morgan fingerprint density at radius 3 is 2.36 bits per heavy atom. The Kier molecular flexibility index (Phi) is 3.84. The molecule has 0 heterocycles. The molecule has 0 saturated heterocycles. The van der Waals surface area contributed by atoms with E-state index in [2.05, 4.69) is 24.8 Å². The highest BCUT2D eigenvalue weighted by molar-refractivity contribution is 7.81. The molecule has 0 bridgehead atoms. The van der Waals surface area contributed by atoms with Crippen LogP contribution in [-0.4, -0.2) is 5.25 Å². The van der Waals surface area contributed by atoms with Gasteiger partial charge in [0.05, 0.1) is 0 Å². The highest BCUT2D eigenvalue weighted by Gasteiger charge is 1.91. The lowest BCUT2D eigenvalue weighted by Gasteiger charge is -1.98. The van der Waals surface area contributed by atoms with E-state index < -0.39 is 0 Å². The normalized spacial score (nSPS) is 35.5. The summed E-state index contributed by atoms with van der Waals surface area (Å²) in [6, 6.07) is 0. The number of rotatable bonds is 0. The van der Waals surface area contributed by atoms with Crippen molar-refractivity contribution in [1.29, 1.82) is 0 Å². The van der Waals surface area contributed by atoms with Crippen LogP contribution in [0.2, 0.25) is 0 Å². The summed E-state index contributed by atoms with van der Waals surface area (Å²) in [6.45, 7) is 0. The zero-order chi connectivity index (χ0) is 7.94. The zero-order valence-corrected chi connectivity index (χ0v) is 7.24. The second-order valence-electron chi connectivity index (χ2n) is 2.39. The van der Waals surface area contributed by atoms with Crippen molar-refractivity contribution >= 4 is 12.6 Å². The van der Waals surface area contributed by atoms with E-state index >= 15 is 0 Å². The molecule has 0 spiro atoms. The fourth-order valence-corrected chi connectivity index (χ4v) is 1.05. The second kappa shape index (κ2) is 5.03. The quantitative estimate of drug-likeness (QED) is 0.523. The van der Waals surface area contributed by atoms with E-state index in [-0.39, 0.29) is 0 Å². The Hall–Kier alpha value is -0.690. The average Bonchev–Trinajstić information content (AvgIpc) is 2.03. The van der Waals surface area contributed by atoms with Gasteiger partial charge in [-0.15, -0.1) is 0 Å². The first-order chi connectivity index (χ1) is 5.39. The summed E-state index contributed by atoms with van der Waals surface area (Å²) in [4.78, 5) is 0. The van der Waals surface area contributed by atoms with E-state index in [1.807, 2.05) is 36.5 Å². The maximum Gasteiger partial charge on any atom is 0.0234 e. The zero-order valence-electron chi connectivity index (χ0n) is 6.35. The molecule has 0 amide bonds. The third kappa shape index (κ3) is 3.89. The fourth-order valence-electron chi connectivity index (χ4n) is 0.824. The van der Waals surface area contributed by atoms with Crippen molar-refractivity contribution in [2.75, 3.05) is 0 Å². The maximum absolute atomic E-state index is 4.37. The third-order valence-electron chi connectivity index (χ3n) is 1.40. The smallest absolute Gasteiger partial charge is 0.0234 e. The van der Waals surface area contributed by atoms with Crippen LogP contribution >= 0.6 is 12.6 Å². The van der Waals surface area contributed by atoms with Gasteiger partial charge in [-0.25, -0.2) is 0 Å². The largest absolute Gasteiger partial charge is 0.171 e. The summed E-state index contributed by atoms with van der Waals surface area (Å²) < 4.78 is 0. The van der Waals surface area contributed by atoms with Gasteiger partial charge in [-0.3, -0.25) is 0 Å². The molecule has 11 heavy (non-hydrogen) atoms. The first kappa shape index (κ1) is 8.41. The standard InChI is InChI=1S/C10H12S/c11-10-8-6-4-2-1-3-5-7-9-10/h1-8,10-11H,9H2/b3-1+,4-2-,7-5-,8-6-. The van der Waals surface area contributed by atoms with Gasteiger partial charge in [-0.05, 0) is 6.42 Å². The summed E-state index contributed by atoms with van der Waals surface area (Å²) in [5.74, 6) is 0. The van der Waals surface area contributed by atoms with Gasteiger partial charge in [0.15, 0.2) is 0 Å². The average molecular weight is 164 g/mol. The van der Waals surface area contributed by atoms with Crippen LogP contribution in [0.15, 0.2) is 48.6 Å². The molecule has 0 aromatic carbocycles. The van der Waals surface area contributed by atoms with Crippen molar-refractivity contribution in [3.63, 3.8) is 0 Å². The lowest BCUT2D eigenvalue weighted by atomic mass is 10.2. The van der Waals surface area contributed by atoms with Crippen LogP contribution in [0.4, 0.5) is 0 Å². The molecular formula is C10H12S. The van der Waals surface area contributed by atoms with Gasteiger partial charge in [-0.2, -0.15) is 12.6 Å². The fraction of sp³-hybridized carbons (Fsp3) is 0.200. The van der Waals surface area contributed by atoms with E-state index in [0.717, 1.165) is 6.42 Å². The monoisotopic (exact) mass is 164 g/mol. The molecule has 1 rings (SSSR count). The van der Waals surface area contributed by atoms with Crippen LogP contribution in [0.3, 0.4) is 0 Å². The van der Waals surface area contributed by atoms with Gasteiger partial charge in [0.25, 0.3) is 0 Å². The Morgan fingerprint density at radius 1 is 0.909 bits per heavy atom. The van der Waals surface area contributed by atoms with Crippen molar-refractivity contribution in [1.82, 2.24) is 0 Å². The molecule has 1 unspecified atom stereocenters. The molecule has 0 fully saturated rings. The van der Waals surface area contributed by atoms with Crippen LogP contribution in [0.25, 0.3) is 0 Å². The lowest BCUT2D eigenvalue weighted by Crippen LogP contribution is -1.89. The van der Waals surface area contributed by atoms with Crippen LogP contribution in [0.1, 0.15) is 6.42 Å². The number of thiol groups is 1. The first-order valence-corrected chi connectivity index (χ1v) is 4.26. The van der Waals surface area contributed by atoms with Crippen molar-refractivity contribution in [3.8, 4) is 0 Å². The minimum Gasteiger partial charge on any atom is -0.171 e. The third-order valence-corrected chi connectivity index (χ3v) is 1.79. The van der Waals surface area contributed by atoms with Crippen LogP contribution < -0.4 is 0 Å². The first-order valence-electron chi connectivity index (χ1n) is 3.74.